The highest BCUT2D eigenvalue weighted by Gasteiger charge is 2.11. The van der Waals surface area contributed by atoms with Crippen molar-refractivity contribution in [2.75, 3.05) is 0 Å². The van der Waals surface area contributed by atoms with Gasteiger partial charge in [-0.25, -0.2) is 0 Å². The maximum absolute atomic E-state index is 11.9. The molecule has 76 valence electrons. The second kappa shape index (κ2) is 4.47. The van der Waals surface area contributed by atoms with Crippen molar-refractivity contribution < 1.29 is 4.79 Å². The zero-order valence-corrected chi connectivity index (χ0v) is 10.7. The first-order valence-electron chi connectivity index (χ1n) is 4.22. The van der Waals surface area contributed by atoms with Crippen molar-refractivity contribution in [1.29, 1.82) is 0 Å². The summed E-state index contributed by atoms with van der Waals surface area (Å²) < 4.78 is 0.952. The van der Waals surface area contributed by atoms with Crippen molar-refractivity contribution in [3.63, 3.8) is 0 Å². The number of thiophene rings is 1. The van der Waals surface area contributed by atoms with Gasteiger partial charge in [0.1, 0.15) is 0 Å². The average Bonchev–Trinajstić information content (AvgIpc) is 2.64. The van der Waals surface area contributed by atoms with Crippen LogP contribution in [0.15, 0.2) is 40.2 Å². The molecular formula is C11H6BrClOS. The van der Waals surface area contributed by atoms with Crippen LogP contribution in [0.2, 0.25) is 5.02 Å². The van der Waals surface area contributed by atoms with Crippen LogP contribution in [0.25, 0.3) is 0 Å². The van der Waals surface area contributed by atoms with Gasteiger partial charge in [-0.2, -0.15) is 0 Å². The van der Waals surface area contributed by atoms with Crippen molar-refractivity contribution >= 4 is 44.7 Å². The van der Waals surface area contributed by atoms with Crippen molar-refractivity contribution in [1.82, 2.24) is 0 Å². The van der Waals surface area contributed by atoms with Gasteiger partial charge in [0.2, 0.25) is 5.78 Å². The summed E-state index contributed by atoms with van der Waals surface area (Å²) in [5.41, 5.74) is 0.622. The van der Waals surface area contributed by atoms with Crippen molar-refractivity contribution in [2.45, 2.75) is 0 Å². The van der Waals surface area contributed by atoms with Crippen molar-refractivity contribution in [2.24, 2.45) is 0 Å². The summed E-state index contributed by atoms with van der Waals surface area (Å²) in [7, 11) is 0. The second-order valence-corrected chi connectivity index (χ2v) is 5.84. The van der Waals surface area contributed by atoms with Gasteiger partial charge in [-0.3, -0.25) is 4.79 Å². The summed E-state index contributed by atoms with van der Waals surface area (Å²) in [4.78, 5) is 12.7. The molecule has 15 heavy (non-hydrogen) atoms. The van der Waals surface area contributed by atoms with Gasteiger partial charge in [-0.1, -0.05) is 23.7 Å². The Balaban J connectivity index is 2.36. The predicted octanol–water partition coefficient (Wildman–Crippen LogP) is 4.40. The van der Waals surface area contributed by atoms with Crippen LogP contribution in [0.4, 0.5) is 0 Å². The minimum Gasteiger partial charge on any atom is -0.288 e. The maximum atomic E-state index is 11.9. The third-order valence-corrected chi connectivity index (χ3v) is 3.74. The highest BCUT2D eigenvalue weighted by Crippen LogP contribution is 2.25. The molecule has 1 aromatic heterocycles. The molecule has 0 bridgehead atoms. The maximum Gasteiger partial charge on any atom is 0.203 e. The number of rotatable bonds is 2. The van der Waals surface area contributed by atoms with Gasteiger partial charge in [0.15, 0.2) is 0 Å². The van der Waals surface area contributed by atoms with Gasteiger partial charge in [0.25, 0.3) is 0 Å². The molecule has 1 nitrogen and oxygen atoms in total. The van der Waals surface area contributed by atoms with E-state index in [1.165, 1.54) is 11.3 Å². The van der Waals surface area contributed by atoms with E-state index in [-0.39, 0.29) is 5.78 Å². The predicted molar refractivity (Wildman–Crippen MR) is 66.9 cm³/mol. The molecule has 0 atom stereocenters. The average molecular weight is 302 g/mol. The largest absolute Gasteiger partial charge is 0.288 e. The molecule has 2 rings (SSSR count). The summed E-state index contributed by atoms with van der Waals surface area (Å²) in [6, 6.07) is 10.6. The molecule has 0 amide bonds. The smallest absolute Gasteiger partial charge is 0.203 e. The molecule has 0 unspecified atom stereocenters. The lowest BCUT2D eigenvalue weighted by Gasteiger charge is -1.97. The first-order chi connectivity index (χ1) is 7.16. The van der Waals surface area contributed by atoms with E-state index in [9.17, 15) is 4.79 Å². The standard InChI is InChI=1S/C11H6BrClOS/c12-10-5-4-9(15-10)11(14)7-2-1-3-8(13)6-7/h1-6H. The topological polar surface area (TPSA) is 17.1 Å². The third kappa shape index (κ3) is 2.48. The molecule has 0 saturated heterocycles. The summed E-state index contributed by atoms with van der Waals surface area (Å²) >= 11 is 10.6. The number of hydrogen-bond donors (Lipinski definition) is 0. The third-order valence-electron chi connectivity index (χ3n) is 1.88. The molecule has 1 heterocycles. The van der Waals surface area contributed by atoms with E-state index in [0.29, 0.717) is 15.5 Å². The van der Waals surface area contributed by atoms with Gasteiger partial charge in [-0.05, 0) is 40.2 Å². The van der Waals surface area contributed by atoms with Crippen LogP contribution in [-0.2, 0) is 0 Å². The Kier molecular flexibility index (Phi) is 3.24. The van der Waals surface area contributed by atoms with Gasteiger partial charge >= 0.3 is 0 Å². The number of benzene rings is 1. The quantitative estimate of drug-likeness (QED) is 0.752. The SMILES string of the molecule is O=C(c1cccc(Cl)c1)c1ccc(Br)s1. The Morgan fingerprint density at radius 3 is 2.67 bits per heavy atom. The zero-order chi connectivity index (χ0) is 10.8. The lowest BCUT2D eigenvalue weighted by atomic mass is 10.1. The number of ketones is 1. The van der Waals surface area contributed by atoms with E-state index >= 15 is 0 Å². The minimum atomic E-state index is 0.00759. The normalized spacial score (nSPS) is 10.3. The minimum absolute atomic E-state index is 0.00759. The Bertz CT molecular complexity index is 507. The molecule has 0 radical (unpaired) electrons. The number of halogens is 2. The number of carbonyl (C=O) groups excluding carboxylic acids is 1. The Morgan fingerprint density at radius 2 is 2.07 bits per heavy atom. The molecule has 0 N–H and O–H groups in total. The fraction of sp³-hybridized carbons (Fsp3) is 0. The molecule has 0 saturated carbocycles. The molecule has 0 spiro atoms. The van der Waals surface area contributed by atoms with Gasteiger partial charge < -0.3 is 0 Å². The molecular weight excluding hydrogens is 296 g/mol. The fourth-order valence-electron chi connectivity index (χ4n) is 1.21. The fourth-order valence-corrected chi connectivity index (χ4v) is 2.75. The Morgan fingerprint density at radius 1 is 1.27 bits per heavy atom. The molecule has 0 aliphatic heterocycles. The summed E-state index contributed by atoms with van der Waals surface area (Å²) in [6.07, 6.45) is 0. The van der Waals surface area contributed by atoms with Crippen LogP contribution in [0, 0.1) is 0 Å². The first-order valence-corrected chi connectivity index (χ1v) is 6.21. The van der Waals surface area contributed by atoms with E-state index in [1.807, 2.05) is 6.07 Å². The highest BCUT2D eigenvalue weighted by atomic mass is 79.9. The number of carbonyl (C=O) groups is 1. The van der Waals surface area contributed by atoms with Crippen LogP contribution in [0.1, 0.15) is 15.2 Å². The van der Waals surface area contributed by atoms with Crippen LogP contribution < -0.4 is 0 Å². The van der Waals surface area contributed by atoms with Crippen LogP contribution in [-0.4, -0.2) is 5.78 Å². The van der Waals surface area contributed by atoms with Gasteiger partial charge in [0.05, 0.1) is 8.66 Å². The molecule has 0 aliphatic rings. The first kappa shape index (κ1) is 10.9. The van der Waals surface area contributed by atoms with Crippen molar-refractivity contribution in [3.05, 3.63) is 55.6 Å². The van der Waals surface area contributed by atoms with E-state index in [2.05, 4.69) is 15.9 Å². The van der Waals surface area contributed by atoms with Crippen LogP contribution in [0.3, 0.4) is 0 Å². The molecule has 1 aromatic carbocycles. The lowest BCUT2D eigenvalue weighted by molar-refractivity contribution is 0.104. The molecule has 0 aliphatic carbocycles. The van der Waals surface area contributed by atoms with Gasteiger partial charge in [-0.15, -0.1) is 11.3 Å². The lowest BCUT2D eigenvalue weighted by Crippen LogP contribution is -1.97. The monoisotopic (exact) mass is 300 g/mol. The van der Waals surface area contributed by atoms with Crippen molar-refractivity contribution in [3.8, 4) is 0 Å². The Hall–Kier alpha value is -0.640. The molecule has 4 heteroatoms. The van der Waals surface area contributed by atoms with E-state index in [4.69, 9.17) is 11.6 Å². The van der Waals surface area contributed by atoms with Crippen LogP contribution in [0.5, 0.6) is 0 Å². The summed E-state index contributed by atoms with van der Waals surface area (Å²) in [5.74, 6) is 0.00759. The molecule has 2 aromatic rings. The molecule has 0 fully saturated rings. The number of hydrogen-bond acceptors (Lipinski definition) is 2. The van der Waals surface area contributed by atoms with E-state index < -0.39 is 0 Å². The van der Waals surface area contributed by atoms with E-state index in [1.54, 1.807) is 30.3 Å². The van der Waals surface area contributed by atoms with Crippen LogP contribution >= 0.6 is 38.9 Å². The van der Waals surface area contributed by atoms with E-state index in [0.717, 1.165) is 3.79 Å². The second-order valence-electron chi connectivity index (χ2n) is 2.94. The highest BCUT2D eigenvalue weighted by molar-refractivity contribution is 9.11. The Labute approximate surface area is 105 Å². The zero-order valence-electron chi connectivity index (χ0n) is 7.54. The summed E-state index contributed by atoms with van der Waals surface area (Å²) in [6.45, 7) is 0. The van der Waals surface area contributed by atoms with Gasteiger partial charge in [0, 0.05) is 10.6 Å². The summed E-state index contributed by atoms with van der Waals surface area (Å²) in [5, 5.41) is 0.580.